The zero-order valence-corrected chi connectivity index (χ0v) is 10.1. The van der Waals surface area contributed by atoms with Crippen LogP contribution in [0.1, 0.15) is 27.2 Å². The van der Waals surface area contributed by atoms with Gasteiger partial charge in [-0.25, -0.2) is 4.79 Å². The Morgan fingerprint density at radius 1 is 1.31 bits per heavy atom. The Balaban J connectivity index is 4.29. The van der Waals surface area contributed by atoms with E-state index in [2.05, 4.69) is 6.08 Å². The predicted molar refractivity (Wildman–Crippen MR) is 65.1 cm³/mol. The summed E-state index contributed by atoms with van der Waals surface area (Å²) in [4.78, 5) is 10.3. The van der Waals surface area contributed by atoms with Crippen LogP contribution < -0.4 is 0 Å². The van der Waals surface area contributed by atoms with Crippen molar-refractivity contribution in [3.63, 3.8) is 0 Å². The van der Waals surface area contributed by atoms with Gasteiger partial charge < -0.3 is 10.2 Å². The zero-order chi connectivity index (χ0) is 12.6. The van der Waals surface area contributed by atoms with Crippen LogP contribution in [0.25, 0.3) is 0 Å². The SMILES string of the molecule is CC/C=C(C)/C=C/C(O)C(C)/C=C/C(=O)O. The van der Waals surface area contributed by atoms with Crippen molar-refractivity contribution < 1.29 is 15.0 Å². The van der Waals surface area contributed by atoms with E-state index in [1.807, 2.05) is 19.9 Å². The molecule has 0 aromatic carbocycles. The fraction of sp³-hybridized carbons (Fsp3) is 0.462. The molecule has 0 amide bonds. The highest BCUT2D eigenvalue weighted by atomic mass is 16.4. The number of aliphatic carboxylic acids is 1. The van der Waals surface area contributed by atoms with Crippen LogP contribution in [0.15, 0.2) is 36.0 Å². The molecule has 2 N–H and O–H groups in total. The number of aliphatic hydroxyl groups excluding tert-OH is 1. The standard InChI is InChI=1S/C13H20O3/c1-4-5-10(2)6-8-12(14)11(3)7-9-13(15)16/h5-9,11-12,14H,4H2,1-3H3,(H,15,16)/b8-6+,9-7+,10-5+. The van der Waals surface area contributed by atoms with Crippen LogP contribution in [0, 0.1) is 5.92 Å². The highest BCUT2D eigenvalue weighted by molar-refractivity contribution is 5.79. The van der Waals surface area contributed by atoms with Crippen molar-refractivity contribution in [3.8, 4) is 0 Å². The van der Waals surface area contributed by atoms with Crippen LogP contribution in [0.3, 0.4) is 0 Å². The monoisotopic (exact) mass is 224 g/mol. The molecule has 0 heterocycles. The van der Waals surface area contributed by atoms with E-state index < -0.39 is 12.1 Å². The second-order valence-corrected chi connectivity index (χ2v) is 3.76. The molecule has 3 heteroatoms. The Morgan fingerprint density at radius 3 is 2.44 bits per heavy atom. The summed E-state index contributed by atoms with van der Waals surface area (Å²) < 4.78 is 0. The lowest BCUT2D eigenvalue weighted by Gasteiger charge is -2.10. The van der Waals surface area contributed by atoms with E-state index in [0.717, 1.165) is 18.1 Å². The van der Waals surface area contributed by atoms with Gasteiger partial charge in [-0.2, -0.15) is 0 Å². The number of hydrogen-bond donors (Lipinski definition) is 2. The third kappa shape index (κ3) is 7.01. The maximum absolute atomic E-state index is 10.3. The molecule has 0 radical (unpaired) electrons. The van der Waals surface area contributed by atoms with E-state index in [9.17, 15) is 9.90 Å². The molecule has 0 saturated carbocycles. The number of carboxylic acids is 1. The Labute approximate surface area is 96.8 Å². The van der Waals surface area contributed by atoms with E-state index in [0.29, 0.717) is 0 Å². The van der Waals surface area contributed by atoms with E-state index in [1.54, 1.807) is 13.0 Å². The normalized spacial score (nSPS) is 16.9. The molecule has 0 fully saturated rings. The van der Waals surface area contributed by atoms with E-state index in [4.69, 9.17) is 5.11 Å². The first kappa shape index (κ1) is 14.6. The smallest absolute Gasteiger partial charge is 0.327 e. The van der Waals surface area contributed by atoms with Crippen LogP contribution in [0.2, 0.25) is 0 Å². The largest absolute Gasteiger partial charge is 0.478 e. The summed E-state index contributed by atoms with van der Waals surface area (Å²) in [5, 5.41) is 18.1. The van der Waals surface area contributed by atoms with Gasteiger partial charge in [0.05, 0.1) is 6.10 Å². The molecule has 90 valence electrons. The Bertz CT molecular complexity index is 300. The molecule has 0 aromatic heterocycles. The van der Waals surface area contributed by atoms with Gasteiger partial charge in [0.15, 0.2) is 0 Å². The number of allylic oxidation sites excluding steroid dienone is 3. The van der Waals surface area contributed by atoms with Gasteiger partial charge in [0.2, 0.25) is 0 Å². The molecule has 0 saturated heterocycles. The summed E-state index contributed by atoms with van der Waals surface area (Å²) in [6, 6.07) is 0. The zero-order valence-electron chi connectivity index (χ0n) is 10.1. The summed E-state index contributed by atoms with van der Waals surface area (Å²) in [7, 11) is 0. The number of carboxylic acid groups (broad SMARTS) is 1. The Hall–Kier alpha value is -1.35. The van der Waals surface area contributed by atoms with Crippen LogP contribution in [-0.4, -0.2) is 22.3 Å². The van der Waals surface area contributed by atoms with E-state index in [-0.39, 0.29) is 5.92 Å². The highest BCUT2D eigenvalue weighted by Crippen LogP contribution is 2.08. The third-order valence-electron chi connectivity index (χ3n) is 2.16. The van der Waals surface area contributed by atoms with Gasteiger partial charge in [-0.05, 0) is 13.3 Å². The average Bonchev–Trinajstić information content (AvgIpc) is 2.22. The lowest BCUT2D eigenvalue weighted by atomic mass is 10.0. The molecule has 2 atom stereocenters. The van der Waals surface area contributed by atoms with Crippen molar-refractivity contribution >= 4 is 5.97 Å². The molecule has 0 aliphatic rings. The van der Waals surface area contributed by atoms with Crippen LogP contribution >= 0.6 is 0 Å². The average molecular weight is 224 g/mol. The molecule has 16 heavy (non-hydrogen) atoms. The lowest BCUT2D eigenvalue weighted by molar-refractivity contribution is -0.131. The molecule has 0 aliphatic carbocycles. The van der Waals surface area contributed by atoms with Gasteiger partial charge >= 0.3 is 5.97 Å². The minimum Gasteiger partial charge on any atom is -0.478 e. The molecule has 0 rings (SSSR count). The van der Waals surface area contributed by atoms with Crippen molar-refractivity contribution in [2.24, 2.45) is 5.92 Å². The van der Waals surface area contributed by atoms with Crippen molar-refractivity contribution in [2.45, 2.75) is 33.3 Å². The topological polar surface area (TPSA) is 57.5 Å². The van der Waals surface area contributed by atoms with Crippen molar-refractivity contribution in [3.05, 3.63) is 36.0 Å². The summed E-state index contributed by atoms with van der Waals surface area (Å²) in [5.74, 6) is -1.20. The number of rotatable bonds is 6. The summed E-state index contributed by atoms with van der Waals surface area (Å²) >= 11 is 0. The van der Waals surface area contributed by atoms with E-state index in [1.165, 1.54) is 6.08 Å². The highest BCUT2D eigenvalue weighted by Gasteiger charge is 2.07. The summed E-state index contributed by atoms with van der Waals surface area (Å²) in [6.45, 7) is 5.78. The van der Waals surface area contributed by atoms with Crippen LogP contribution in [0.5, 0.6) is 0 Å². The molecule has 0 aromatic rings. The van der Waals surface area contributed by atoms with Gasteiger partial charge in [0, 0.05) is 12.0 Å². The minimum atomic E-state index is -0.995. The first-order chi connectivity index (χ1) is 7.47. The summed E-state index contributed by atoms with van der Waals surface area (Å²) in [6.07, 6.45) is 8.42. The quantitative estimate of drug-likeness (QED) is 0.538. The van der Waals surface area contributed by atoms with Gasteiger partial charge in [-0.1, -0.05) is 43.7 Å². The Morgan fingerprint density at radius 2 is 1.94 bits per heavy atom. The molecule has 0 spiro atoms. The third-order valence-corrected chi connectivity index (χ3v) is 2.16. The molecule has 2 unspecified atom stereocenters. The first-order valence-electron chi connectivity index (χ1n) is 5.41. The van der Waals surface area contributed by atoms with Gasteiger partial charge in [-0.3, -0.25) is 0 Å². The fourth-order valence-electron chi connectivity index (χ4n) is 1.16. The summed E-state index contributed by atoms with van der Waals surface area (Å²) in [5.41, 5.74) is 1.09. The van der Waals surface area contributed by atoms with Crippen LogP contribution in [-0.2, 0) is 4.79 Å². The second-order valence-electron chi connectivity index (χ2n) is 3.76. The molecule has 3 nitrogen and oxygen atoms in total. The van der Waals surface area contributed by atoms with Gasteiger partial charge in [-0.15, -0.1) is 0 Å². The maximum Gasteiger partial charge on any atom is 0.327 e. The number of hydrogen-bond acceptors (Lipinski definition) is 2. The minimum absolute atomic E-state index is 0.207. The van der Waals surface area contributed by atoms with Crippen molar-refractivity contribution in [2.75, 3.05) is 0 Å². The predicted octanol–water partition coefficient (Wildman–Crippen LogP) is 2.54. The van der Waals surface area contributed by atoms with Crippen LogP contribution in [0.4, 0.5) is 0 Å². The number of carbonyl (C=O) groups is 1. The molecular weight excluding hydrogens is 204 g/mol. The lowest BCUT2D eigenvalue weighted by Crippen LogP contribution is -2.12. The van der Waals surface area contributed by atoms with E-state index >= 15 is 0 Å². The fourth-order valence-corrected chi connectivity index (χ4v) is 1.16. The molecular formula is C13H20O3. The van der Waals surface area contributed by atoms with Crippen molar-refractivity contribution in [1.82, 2.24) is 0 Å². The molecule has 0 bridgehead atoms. The second kappa shape index (κ2) is 7.88. The van der Waals surface area contributed by atoms with Gasteiger partial charge in [0.1, 0.15) is 0 Å². The Kier molecular flexibility index (Phi) is 7.21. The first-order valence-corrected chi connectivity index (χ1v) is 5.41. The van der Waals surface area contributed by atoms with Gasteiger partial charge in [0.25, 0.3) is 0 Å². The maximum atomic E-state index is 10.3. The molecule has 0 aliphatic heterocycles. The number of aliphatic hydroxyl groups is 1. The van der Waals surface area contributed by atoms with Crippen molar-refractivity contribution in [1.29, 1.82) is 0 Å².